The lowest BCUT2D eigenvalue weighted by molar-refractivity contribution is -0.120. The number of benzene rings is 1. The van der Waals surface area contributed by atoms with Gasteiger partial charge in [0.2, 0.25) is 5.82 Å². The first-order valence-electron chi connectivity index (χ1n) is 10.5. The van der Waals surface area contributed by atoms with Crippen LogP contribution >= 0.6 is 0 Å². The van der Waals surface area contributed by atoms with Gasteiger partial charge in [0.25, 0.3) is 17.7 Å². The Bertz CT molecular complexity index is 1290. The zero-order chi connectivity index (χ0) is 24.2. The summed E-state index contributed by atoms with van der Waals surface area (Å²) in [6.45, 7) is 0.168. The molecule has 2 aliphatic rings. The largest absolute Gasteiger partial charge is 0.337 e. The van der Waals surface area contributed by atoms with Gasteiger partial charge >= 0.3 is 0 Å². The van der Waals surface area contributed by atoms with Gasteiger partial charge in [0.15, 0.2) is 0 Å². The average molecular weight is 477 g/mol. The minimum Gasteiger partial charge on any atom is -0.337 e. The van der Waals surface area contributed by atoms with E-state index in [1.165, 1.54) is 39.8 Å². The molecule has 1 aliphatic carbocycles. The highest BCUT2D eigenvalue weighted by Crippen LogP contribution is 2.55. The summed E-state index contributed by atoms with van der Waals surface area (Å²) in [7, 11) is 1.49. The topological polar surface area (TPSA) is 97.9 Å². The number of alkyl halides is 2. The Balaban J connectivity index is 1.25. The van der Waals surface area contributed by atoms with Crippen LogP contribution in [-0.4, -0.2) is 55.4 Å². The first kappa shape index (κ1) is 22.0. The van der Waals surface area contributed by atoms with Crippen molar-refractivity contribution in [3.05, 3.63) is 59.3 Å². The first-order chi connectivity index (χ1) is 16.1. The van der Waals surface area contributed by atoms with Gasteiger partial charge in [-0.15, -0.1) is 5.10 Å². The molecule has 13 heteroatoms. The molecule has 1 saturated carbocycles. The molecule has 2 amide bonds. The van der Waals surface area contributed by atoms with Crippen LogP contribution in [0.25, 0.3) is 0 Å². The number of hydrogen-bond donors (Lipinski definition) is 1. The molecule has 0 spiro atoms. The van der Waals surface area contributed by atoms with Crippen molar-refractivity contribution in [1.82, 2.24) is 29.9 Å². The van der Waals surface area contributed by atoms with Gasteiger partial charge in [-0.05, 0) is 12.5 Å². The normalized spacial score (nSPS) is 21.2. The quantitative estimate of drug-likeness (QED) is 0.568. The Kier molecular flexibility index (Phi) is 5.14. The van der Waals surface area contributed by atoms with Crippen LogP contribution in [0.5, 0.6) is 0 Å². The second-order valence-electron chi connectivity index (χ2n) is 8.38. The third-order valence-electron chi connectivity index (χ3n) is 5.95. The molecule has 2 atom stereocenters. The molecule has 1 N–H and O–H groups in total. The Morgan fingerprint density at radius 2 is 2.00 bits per heavy atom. The summed E-state index contributed by atoms with van der Waals surface area (Å²) in [6.07, 6.45) is 1.16. The number of likely N-dealkylation sites (N-methyl/N-ethyl adjacent to an activating group) is 1. The number of nitrogens with one attached hydrogen (secondary N) is 1. The predicted molar refractivity (Wildman–Crippen MR) is 109 cm³/mol. The van der Waals surface area contributed by atoms with Crippen molar-refractivity contribution in [2.75, 3.05) is 11.9 Å². The van der Waals surface area contributed by atoms with E-state index in [9.17, 15) is 27.2 Å². The number of rotatable bonds is 5. The fraction of sp³-hybridized carbons (Fsp3) is 0.381. The lowest BCUT2D eigenvalue weighted by atomic mass is 10.2. The van der Waals surface area contributed by atoms with E-state index in [-0.39, 0.29) is 43.0 Å². The zero-order valence-corrected chi connectivity index (χ0v) is 17.9. The highest BCUT2D eigenvalue weighted by atomic mass is 19.3. The molecule has 9 nitrogen and oxygen atoms in total. The van der Waals surface area contributed by atoms with Crippen LogP contribution in [0.4, 0.5) is 23.4 Å². The summed E-state index contributed by atoms with van der Waals surface area (Å²) < 4.78 is 56.4. The molecule has 2 aromatic heterocycles. The molecular formula is C21H19F4N7O2. The van der Waals surface area contributed by atoms with Gasteiger partial charge in [0.05, 0.1) is 18.2 Å². The van der Waals surface area contributed by atoms with Crippen molar-refractivity contribution >= 4 is 17.6 Å². The van der Waals surface area contributed by atoms with Gasteiger partial charge in [-0.25, -0.2) is 31.9 Å². The Morgan fingerprint density at radius 1 is 1.24 bits per heavy atom. The van der Waals surface area contributed by atoms with Gasteiger partial charge in [0, 0.05) is 37.7 Å². The number of carbonyl (C=O) groups is 2. The molecule has 1 fully saturated rings. The second-order valence-corrected chi connectivity index (χ2v) is 8.38. The maximum Gasteiger partial charge on any atom is 0.291 e. The van der Waals surface area contributed by atoms with E-state index in [2.05, 4.69) is 20.5 Å². The van der Waals surface area contributed by atoms with Gasteiger partial charge in [0.1, 0.15) is 29.8 Å². The van der Waals surface area contributed by atoms with E-state index in [1.54, 1.807) is 0 Å². The minimum absolute atomic E-state index is 0.0685. The van der Waals surface area contributed by atoms with E-state index in [0.717, 1.165) is 12.1 Å². The van der Waals surface area contributed by atoms with Crippen molar-refractivity contribution in [3.63, 3.8) is 0 Å². The standard InChI is InChI=1S/C21H19F4N7O2/c1-30-17-7-16(13-8-21(13,24)25)28-32(17)5-4-15(20(30)34)27-19(33)18-26-10-31(29-18)9-11-2-3-12(22)6-14(11)23/h2-3,6-7,10,13,15H,4-5,8-9H2,1H3,(H,27,33)/t13-,15-/m0/s1. The molecule has 0 unspecified atom stereocenters. The van der Waals surface area contributed by atoms with E-state index in [1.807, 2.05) is 0 Å². The number of amides is 2. The predicted octanol–water partition coefficient (Wildman–Crippen LogP) is 2.09. The third-order valence-corrected chi connectivity index (χ3v) is 5.95. The van der Waals surface area contributed by atoms with Crippen molar-refractivity contribution in [2.24, 2.45) is 0 Å². The van der Waals surface area contributed by atoms with Crippen molar-refractivity contribution in [2.45, 2.75) is 43.8 Å². The van der Waals surface area contributed by atoms with Gasteiger partial charge < -0.3 is 5.32 Å². The van der Waals surface area contributed by atoms with Crippen LogP contribution in [0, 0.1) is 11.6 Å². The molecule has 0 saturated heterocycles. The lowest BCUT2D eigenvalue weighted by Crippen LogP contribution is -2.47. The smallest absolute Gasteiger partial charge is 0.291 e. The monoisotopic (exact) mass is 477 g/mol. The fourth-order valence-electron chi connectivity index (χ4n) is 3.94. The van der Waals surface area contributed by atoms with Crippen LogP contribution in [-0.2, 0) is 17.9 Å². The van der Waals surface area contributed by atoms with E-state index >= 15 is 0 Å². The van der Waals surface area contributed by atoms with Crippen LogP contribution in [0.3, 0.4) is 0 Å². The average Bonchev–Trinajstić information content (AvgIpc) is 3.14. The molecule has 3 heterocycles. The molecule has 1 aliphatic heterocycles. The van der Waals surface area contributed by atoms with E-state index in [0.29, 0.717) is 5.82 Å². The SMILES string of the molecule is CN1C(=O)[C@@H](NC(=O)c2ncn(Cc3ccc(F)cc3F)n2)CCn2nc([C@@H]3CC3(F)F)cc21. The summed E-state index contributed by atoms with van der Waals surface area (Å²) in [6, 6.07) is 3.70. The van der Waals surface area contributed by atoms with Crippen molar-refractivity contribution in [3.8, 4) is 0 Å². The van der Waals surface area contributed by atoms with E-state index in [4.69, 9.17) is 0 Å². The Hall–Kier alpha value is -3.77. The van der Waals surface area contributed by atoms with Gasteiger partial charge in [-0.1, -0.05) is 6.07 Å². The minimum atomic E-state index is -2.77. The number of anilines is 1. The zero-order valence-electron chi connectivity index (χ0n) is 17.9. The number of fused-ring (bicyclic) bond motifs is 1. The molecule has 5 rings (SSSR count). The summed E-state index contributed by atoms with van der Waals surface area (Å²) in [5.74, 6) is -6.15. The number of nitrogens with zero attached hydrogens (tertiary/aromatic N) is 6. The van der Waals surface area contributed by atoms with Crippen LogP contribution < -0.4 is 10.2 Å². The molecular weight excluding hydrogens is 458 g/mol. The number of carbonyl (C=O) groups excluding carboxylic acids is 2. The lowest BCUT2D eigenvalue weighted by Gasteiger charge is -2.19. The molecule has 34 heavy (non-hydrogen) atoms. The third kappa shape index (κ3) is 4.01. The van der Waals surface area contributed by atoms with Crippen LogP contribution in [0.2, 0.25) is 0 Å². The molecule has 0 radical (unpaired) electrons. The second kappa shape index (κ2) is 7.92. The van der Waals surface area contributed by atoms with Gasteiger partial charge in [-0.2, -0.15) is 5.10 Å². The number of aromatic nitrogens is 5. The Morgan fingerprint density at radius 3 is 2.71 bits per heavy atom. The molecule has 3 aromatic rings. The maximum absolute atomic E-state index is 13.9. The number of hydrogen-bond acceptors (Lipinski definition) is 5. The number of halogens is 4. The molecule has 0 bridgehead atoms. The Labute approximate surface area is 190 Å². The molecule has 1 aromatic carbocycles. The highest BCUT2D eigenvalue weighted by Gasteiger charge is 2.59. The van der Waals surface area contributed by atoms with Crippen LogP contribution in [0.1, 0.15) is 40.6 Å². The highest BCUT2D eigenvalue weighted by molar-refractivity contribution is 6.00. The van der Waals surface area contributed by atoms with Crippen LogP contribution in [0.15, 0.2) is 30.6 Å². The molecule has 178 valence electrons. The fourth-order valence-corrected chi connectivity index (χ4v) is 3.94. The van der Waals surface area contributed by atoms with Gasteiger partial charge in [-0.3, -0.25) is 14.5 Å². The summed E-state index contributed by atoms with van der Waals surface area (Å²) in [5, 5.41) is 10.8. The maximum atomic E-state index is 13.9. The summed E-state index contributed by atoms with van der Waals surface area (Å²) in [5.41, 5.74) is 0.408. The van der Waals surface area contributed by atoms with Crippen molar-refractivity contribution in [1.29, 1.82) is 0 Å². The van der Waals surface area contributed by atoms with E-state index < -0.39 is 41.3 Å². The summed E-state index contributed by atoms with van der Waals surface area (Å²) >= 11 is 0. The first-order valence-corrected chi connectivity index (χ1v) is 10.5. The number of aryl methyl sites for hydroxylation is 1. The summed E-state index contributed by atoms with van der Waals surface area (Å²) in [4.78, 5) is 30.7. The van der Waals surface area contributed by atoms with Crippen molar-refractivity contribution < 1.29 is 27.2 Å².